The summed E-state index contributed by atoms with van der Waals surface area (Å²) in [5.74, 6) is -6.57. The fraction of sp³-hybridized carbons (Fsp3) is 0.476. The van der Waals surface area contributed by atoms with Crippen LogP contribution in [0.2, 0.25) is 0 Å². The van der Waals surface area contributed by atoms with E-state index in [9.17, 15) is 36.7 Å². The van der Waals surface area contributed by atoms with E-state index in [0.29, 0.717) is 47.7 Å². The molecule has 2 aromatic heterocycles. The minimum absolute atomic E-state index is 0.0360. The molecular formula is C42H42F4N8O4. The first kappa shape index (κ1) is 36.8. The highest BCUT2D eigenvalue weighted by atomic mass is 19.3. The number of H-pyrrole nitrogens is 2. The van der Waals surface area contributed by atoms with Crippen molar-refractivity contribution in [3.05, 3.63) is 72.6 Å². The lowest BCUT2D eigenvalue weighted by molar-refractivity contribution is -0.156. The molecule has 0 spiro atoms. The van der Waals surface area contributed by atoms with E-state index in [2.05, 4.69) is 9.97 Å². The van der Waals surface area contributed by atoms with Gasteiger partial charge in [0.15, 0.2) is 0 Å². The SMILES string of the molecule is O=C(C(=O)N1C2C[C@H]2C[C@H]1c1nc(-c2ccc(-c3ccc(-c4c[nH]c([C@@H]5C[C@@H]6C[C@@H]6N5C(=O)C(=O)N5CCC(F)(F)CC5)n4)cc3)cc2)c[nH]1)N1CCC(F)(F)CC1. The number of nitrogens with zero attached hydrogens (tertiary/aromatic N) is 6. The molecule has 4 saturated heterocycles. The van der Waals surface area contributed by atoms with Gasteiger partial charge < -0.3 is 29.6 Å². The normalized spacial score (nSPS) is 27.9. The number of rotatable bonds is 5. The lowest BCUT2D eigenvalue weighted by Crippen LogP contribution is -2.50. The zero-order valence-electron chi connectivity index (χ0n) is 31.6. The zero-order valence-corrected chi connectivity index (χ0v) is 31.6. The van der Waals surface area contributed by atoms with Gasteiger partial charge in [-0.25, -0.2) is 27.5 Å². The Kier molecular flexibility index (Phi) is 8.57. The molecule has 0 bridgehead atoms. The third kappa shape index (κ3) is 6.63. The van der Waals surface area contributed by atoms with E-state index in [0.717, 1.165) is 35.1 Å². The van der Waals surface area contributed by atoms with Crippen LogP contribution in [0.25, 0.3) is 33.6 Å². The summed E-state index contributed by atoms with van der Waals surface area (Å²) in [5.41, 5.74) is 5.10. The molecule has 2 aromatic carbocycles. The number of carbonyl (C=O) groups excluding carboxylic acids is 4. The quantitative estimate of drug-likeness (QED) is 0.189. The van der Waals surface area contributed by atoms with Crippen molar-refractivity contribution in [2.75, 3.05) is 26.2 Å². The number of halogens is 4. The zero-order chi connectivity index (χ0) is 40.1. The maximum atomic E-state index is 13.7. The summed E-state index contributed by atoms with van der Waals surface area (Å²) < 4.78 is 54.7. The molecule has 1 unspecified atom stereocenters. The summed E-state index contributed by atoms with van der Waals surface area (Å²) in [6.07, 6.45) is 4.87. The largest absolute Gasteiger partial charge is 0.346 e. The van der Waals surface area contributed by atoms with Crippen molar-refractivity contribution in [1.29, 1.82) is 0 Å². The fourth-order valence-electron chi connectivity index (χ4n) is 9.53. The molecular weight excluding hydrogens is 757 g/mol. The molecule has 4 aromatic rings. The molecule has 12 nitrogen and oxygen atoms in total. The summed E-state index contributed by atoms with van der Waals surface area (Å²) in [6.45, 7) is -0.528. The van der Waals surface area contributed by atoms with E-state index >= 15 is 0 Å². The molecule has 6 fully saturated rings. The Morgan fingerprint density at radius 3 is 1.22 bits per heavy atom. The van der Waals surface area contributed by atoms with Crippen LogP contribution in [0.5, 0.6) is 0 Å². The number of hydrogen-bond acceptors (Lipinski definition) is 6. The number of aromatic nitrogens is 4. The van der Waals surface area contributed by atoms with Gasteiger partial charge in [0.05, 0.1) is 23.5 Å². The number of likely N-dealkylation sites (tertiary alicyclic amines) is 4. The lowest BCUT2D eigenvalue weighted by Gasteiger charge is -2.33. The van der Waals surface area contributed by atoms with Crippen LogP contribution in [0.4, 0.5) is 17.6 Å². The molecule has 4 aliphatic heterocycles. The molecule has 6 aliphatic rings. The van der Waals surface area contributed by atoms with E-state index in [1.54, 1.807) is 22.2 Å². The molecule has 2 aliphatic carbocycles. The summed E-state index contributed by atoms with van der Waals surface area (Å²) in [4.78, 5) is 74.8. The van der Waals surface area contributed by atoms with Crippen molar-refractivity contribution < 1.29 is 36.7 Å². The van der Waals surface area contributed by atoms with Crippen molar-refractivity contribution in [1.82, 2.24) is 39.5 Å². The van der Waals surface area contributed by atoms with Crippen molar-refractivity contribution >= 4 is 23.6 Å². The minimum atomic E-state index is -2.81. The topological polar surface area (TPSA) is 139 Å². The minimum Gasteiger partial charge on any atom is -0.346 e. The second kappa shape index (κ2) is 13.5. The molecule has 0 radical (unpaired) electrons. The van der Waals surface area contributed by atoms with Gasteiger partial charge in [-0.15, -0.1) is 0 Å². The Labute approximate surface area is 331 Å². The molecule has 16 heteroatoms. The molecule has 58 heavy (non-hydrogen) atoms. The average molecular weight is 799 g/mol. The van der Waals surface area contributed by atoms with E-state index in [4.69, 9.17) is 9.97 Å². The van der Waals surface area contributed by atoms with Gasteiger partial charge in [-0.3, -0.25) is 19.2 Å². The monoisotopic (exact) mass is 798 g/mol. The van der Waals surface area contributed by atoms with Crippen LogP contribution in [-0.4, -0.2) is 113 Å². The van der Waals surface area contributed by atoms with E-state index in [-0.39, 0.29) is 50.3 Å². The van der Waals surface area contributed by atoms with Crippen LogP contribution in [0.1, 0.15) is 75.1 Å². The number of alkyl halides is 4. The standard InChI is InChI=1S/C42H42F4N8O4/c43-41(44)9-13-51(14-10-41)37(55)39(57)53-31-17-27(31)19-33(53)35-47-21-29(49-35)25-5-1-23(2-6-25)24-3-7-26(8-4-24)30-22-48-36(50-30)34-20-28-18-32(28)54(34)40(58)38(56)52-15-11-42(45,46)12-16-52/h1-8,21-22,27-28,31-34H,9-20H2,(H,47,49)(H,48,50)/t27-,28-,31-,32?,33-,34-/m0/s1. The molecule has 6 atom stereocenters. The second-order valence-corrected chi connectivity index (χ2v) is 16.8. The first-order chi connectivity index (χ1) is 27.8. The highest BCUT2D eigenvalue weighted by molar-refractivity contribution is 6.35. The molecule has 6 heterocycles. The smallest absolute Gasteiger partial charge is 0.312 e. The summed E-state index contributed by atoms with van der Waals surface area (Å²) in [5, 5.41) is 0. The fourth-order valence-corrected chi connectivity index (χ4v) is 9.53. The first-order valence-electron chi connectivity index (χ1n) is 20.1. The molecule has 4 amide bonds. The van der Waals surface area contributed by atoms with Crippen molar-refractivity contribution in [3.63, 3.8) is 0 Å². The van der Waals surface area contributed by atoms with Crippen LogP contribution < -0.4 is 0 Å². The Morgan fingerprint density at radius 1 is 0.517 bits per heavy atom. The molecule has 10 rings (SSSR count). The number of hydrogen-bond donors (Lipinski definition) is 2. The van der Waals surface area contributed by atoms with Gasteiger partial charge >= 0.3 is 23.6 Å². The number of piperidine rings is 4. The lowest BCUT2D eigenvalue weighted by atomic mass is 10.0. The van der Waals surface area contributed by atoms with Gasteiger partial charge in [0.25, 0.3) is 11.8 Å². The van der Waals surface area contributed by atoms with Crippen LogP contribution in [0, 0.1) is 11.8 Å². The van der Waals surface area contributed by atoms with E-state index in [1.165, 1.54) is 9.80 Å². The van der Waals surface area contributed by atoms with Crippen molar-refractivity contribution in [2.24, 2.45) is 11.8 Å². The summed E-state index contributed by atoms with van der Waals surface area (Å²) >= 11 is 0. The average Bonchev–Trinajstić information content (AvgIpc) is 3.81. The second-order valence-electron chi connectivity index (χ2n) is 16.8. The van der Waals surface area contributed by atoms with Gasteiger partial charge in [-0.2, -0.15) is 0 Å². The number of fused-ring (bicyclic) bond motifs is 2. The van der Waals surface area contributed by atoms with Crippen LogP contribution in [0.15, 0.2) is 60.9 Å². The molecule has 2 saturated carbocycles. The summed E-state index contributed by atoms with van der Waals surface area (Å²) in [7, 11) is 0. The first-order valence-corrected chi connectivity index (χ1v) is 20.1. The van der Waals surface area contributed by atoms with Gasteiger partial charge in [-0.05, 0) is 48.6 Å². The Morgan fingerprint density at radius 2 is 0.862 bits per heavy atom. The number of benzene rings is 2. The highest BCUT2D eigenvalue weighted by Gasteiger charge is 2.58. The Bertz CT molecular complexity index is 2110. The van der Waals surface area contributed by atoms with Gasteiger partial charge in [-0.1, -0.05) is 48.5 Å². The number of amides is 4. The molecule has 302 valence electrons. The predicted molar refractivity (Wildman–Crippen MR) is 201 cm³/mol. The third-order valence-corrected chi connectivity index (χ3v) is 13.1. The maximum Gasteiger partial charge on any atom is 0.312 e. The van der Waals surface area contributed by atoms with Crippen molar-refractivity contribution in [3.8, 4) is 33.6 Å². The van der Waals surface area contributed by atoms with E-state index < -0.39 is 61.2 Å². The number of carbonyl (C=O) groups is 4. The van der Waals surface area contributed by atoms with Crippen LogP contribution in [-0.2, 0) is 19.2 Å². The van der Waals surface area contributed by atoms with Crippen LogP contribution >= 0.6 is 0 Å². The van der Waals surface area contributed by atoms with Gasteiger partial charge in [0.1, 0.15) is 11.6 Å². The van der Waals surface area contributed by atoms with Gasteiger partial charge in [0.2, 0.25) is 0 Å². The number of imidazole rings is 2. The Hall–Kier alpha value is -5.54. The molecule has 2 N–H and O–H groups in total. The van der Waals surface area contributed by atoms with Gasteiger partial charge in [0, 0.05) is 87.5 Å². The predicted octanol–water partition coefficient (Wildman–Crippen LogP) is 5.97. The maximum absolute atomic E-state index is 13.7. The third-order valence-electron chi connectivity index (χ3n) is 13.1. The van der Waals surface area contributed by atoms with E-state index in [1.807, 2.05) is 48.5 Å². The number of nitrogens with one attached hydrogen (secondary N) is 2. The highest BCUT2D eigenvalue weighted by Crippen LogP contribution is 2.54. The summed E-state index contributed by atoms with van der Waals surface area (Å²) in [6, 6.07) is 15.0. The Balaban J connectivity index is 0.784. The number of aromatic amines is 2. The van der Waals surface area contributed by atoms with Crippen LogP contribution in [0.3, 0.4) is 0 Å². The van der Waals surface area contributed by atoms with Crippen molar-refractivity contribution in [2.45, 2.75) is 87.4 Å².